The zero-order valence-electron chi connectivity index (χ0n) is 5.45. The first-order chi connectivity index (χ1) is 4.46. The second-order valence-corrected chi connectivity index (χ2v) is 1.57. The summed E-state index contributed by atoms with van der Waals surface area (Å²) in [4.78, 5) is 19.5. The van der Waals surface area contributed by atoms with Gasteiger partial charge in [-0.05, 0) is 0 Å². The third-order valence-electron chi connectivity index (χ3n) is 0.805. The summed E-state index contributed by atoms with van der Waals surface area (Å²) in [6, 6.07) is 0. The number of carbonyl (C=O) groups is 2. The van der Waals surface area contributed by atoms with Gasteiger partial charge in [0.15, 0.2) is 12.2 Å². The molecule has 0 aromatic heterocycles. The van der Waals surface area contributed by atoms with Gasteiger partial charge < -0.3 is 20.4 Å². The number of aliphatic hydroxyl groups excluding tert-OH is 2. The van der Waals surface area contributed by atoms with Crippen LogP contribution in [0.3, 0.4) is 0 Å². The van der Waals surface area contributed by atoms with E-state index in [0.717, 1.165) is 0 Å². The summed E-state index contributed by atoms with van der Waals surface area (Å²) in [5.41, 5.74) is 0. The molecule has 4 N–H and O–H groups in total. The average Bonchev–Trinajstić information content (AvgIpc) is 1.84. The van der Waals surface area contributed by atoms with Gasteiger partial charge in [-0.15, -0.1) is 0 Å². The molecule has 0 aliphatic carbocycles. The Kier molecular flexibility index (Phi) is 11.2. The van der Waals surface area contributed by atoms with Crippen molar-refractivity contribution in [3.05, 3.63) is 0 Å². The summed E-state index contributed by atoms with van der Waals surface area (Å²) in [5.74, 6) is -3.54. The van der Waals surface area contributed by atoms with E-state index in [2.05, 4.69) is 0 Å². The second-order valence-electron chi connectivity index (χ2n) is 1.57. The number of carboxylic acids is 2. The maximum Gasteiger partial charge on any atom is 0.335 e. The van der Waals surface area contributed by atoms with Gasteiger partial charge in [0.25, 0.3) is 0 Å². The molecule has 75 valence electrons. The minimum atomic E-state index is -2.27. The maximum absolute atomic E-state index is 9.77. The van der Waals surface area contributed by atoms with E-state index in [9.17, 15) is 9.59 Å². The summed E-state index contributed by atoms with van der Waals surface area (Å²) in [6.07, 6.45) is -4.53. The molecule has 2 unspecified atom stereocenters. The van der Waals surface area contributed by atoms with E-state index in [1.807, 2.05) is 0 Å². The molecule has 0 aromatic carbocycles. The fourth-order valence-electron chi connectivity index (χ4n) is 0.270. The van der Waals surface area contributed by atoms with E-state index in [1.165, 1.54) is 0 Å². The first kappa shape index (κ1) is 17.8. The summed E-state index contributed by atoms with van der Waals surface area (Å²) in [5, 5.41) is 32.5. The first-order valence-electron chi connectivity index (χ1n) is 2.28. The monoisotopic (exact) mass is 263 g/mol. The Labute approximate surface area is 88.0 Å². The van der Waals surface area contributed by atoms with E-state index < -0.39 is 24.1 Å². The van der Waals surface area contributed by atoms with Crippen molar-refractivity contribution in [2.45, 2.75) is 12.2 Å². The molecule has 0 aliphatic heterocycles. The molecule has 0 spiro atoms. The molecule has 8 heteroatoms. The van der Waals surface area contributed by atoms with E-state index in [1.54, 1.807) is 0 Å². The van der Waals surface area contributed by atoms with Crippen LogP contribution in [0.1, 0.15) is 0 Å². The molecule has 0 saturated heterocycles. The van der Waals surface area contributed by atoms with Gasteiger partial charge in [0, 0.05) is 33.6 Å². The molecule has 2 atom stereocenters. The molecular formula is C4H6MnNiO6. The van der Waals surface area contributed by atoms with Crippen LogP contribution in [0.2, 0.25) is 0 Å². The van der Waals surface area contributed by atoms with Crippen LogP contribution in [0, 0.1) is 0 Å². The van der Waals surface area contributed by atoms with Gasteiger partial charge in [-0.25, -0.2) is 9.59 Å². The fourth-order valence-corrected chi connectivity index (χ4v) is 0.270. The number of carboxylic acid groups (broad SMARTS) is 2. The molecule has 0 amide bonds. The van der Waals surface area contributed by atoms with Crippen molar-refractivity contribution in [1.29, 1.82) is 0 Å². The van der Waals surface area contributed by atoms with Gasteiger partial charge in [-0.3, -0.25) is 0 Å². The smallest absolute Gasteiger partial charge is 0.335 e. The largest absolute Gasteiger partial charge is 0.479 e. The molecule has 0 bridgehead atoms. The zero-order chi connectivity index (χ0) is 8.31. The van der Waals surface area contributed by atoms with E-state index in [-0.39, 0.29) is 33.6 Å². The van der Waals surface area contributed by atoms with Crippen LogP contribution in [0.5, 0.6) is 0 Å². The predicted molar refractivity (Wildman–Crippen MR) is 27.3 cm³/mol. The van der Waals surface area contributed by atoms with Crippen LogP contribution in [-0.4, -0.2) is 44.6 Å². The predicted octanol–water partition coefficient (Wildman–Crippen LogP) is -2.13. The Morgan fingerprint density at radius 3 is 1.17 bits per heavy atom. The molecule has 12 heavy (non-hydrogen) atoms. The first-order valence-corrected chi connectivity index (χ1v) is 2.28. The number of rotatable bonds is 3. The SMILES string of the molecule is O=C(O)C(O)C(O)C(=O)O.[Mn].[Ni]. The molecule has 0 rings (SSSR count). The Hall–Kier alpha value is -0.127. The molecule has 0 heterocycles. The van der Waals surface area contributed by atoms with Crippen LogP contribution in [0.4, 0.5) is 0 Å². The van der Waals surface area contributed by atoms with E-state index in [4.69, 9.17) is 20.4 Å². The molecule has 0 aliphatic rings. The Balaban J connectivity index is -0.000000405. The standard InChI is InChI=1S/C4H6O6.Mn.Ni/c5-1(3(7)8)2(6)4(9)10;;/h1-2,5-6H,(H,7,8)(H,9,10);;. The van der Waals surface area contributed by atoms with Gasteiger partial charge in [-0.1, -0.05) is 0 Å². The molecule has 0 fully saturated rings. The van der Waals surface area contributed by atoms with E-state index in [0.29, 0.717) is 0 Å². The van der Waals surface area contributed by atoms with Crippen LogP contribution in [0.25, 0.3) is 0 Å². The van der Waals surface area contributed by atoms with Gasteiger partial charge in [0.2, 0.25) is 0 Å². The summed E-state index contributed by atoms with van der Waals surface area (Å²) >= 11 is 0. The van der Waals surface area contributed by atoms with Crippen LogP contribution in [-0.2, 0) is 43.1 Å². The maximum atomic E-state index is 9.77. The van der Waals surface area contributed by atoms with Crippen molar-refractivity contribution in [2.75, 3.05) is 0 Å². The van der Waals surface area contributed by atoms with Crippen molar-refractivity contribution in [3.8, 4) is 0 Å². The molecule has 1 radical (unpaired) electrons. The molecule has 0 aromatic rings. The van der Waals surface area contributed by atoms with Gasteiger partial charge in [-0.2, -0.15) is 0 Å². The van der Waals surface area contributed by atoms with Crippen molar-refractivity contribution in [3.63, 3.8) is 0 Å². The number of aliphatic hydroxyl groups is 2. The Bertz CT molecular complexity index is 144. The zero-order valence-corrected chi connectivity index (χ0v) is 7.62. The molecule has 0 saturated carbocycles. The second kappa shape index (κ2) is 7.52. The van der Waals surface area contributed by atoms with Crippen LogP contribution >= 0.6 is 0 Å². The average molecular weight is 264 g/mol. The van der Waals surface area contributed by atoms with Crippen molar-refractivity contribution in [2.24, 2.45) is 0 Å². The Morgan fingerprint density at radius 1 is 0.917 bits per heavy atom. The summed E-state index contributed by atoms with van der Waals surface area (Å²) in [6.45, 7) is 0. The third-order valence-corrected chi connectivity index (χ3v) is 0.805. The summed E-state index contributed by atoms with van der Waals surface area (Å²) in [7, 11) is 0. The number of aliphatic carboxylic acids is 2. The normalized spacial score (nSPS) is 13.2. The minimum absolute atomic E-state index is 0. The quantitative estimate of drug-likeness (QED) is 0.433. The fraction of sp³-hybridized carbons (Fsp3) is 0.500. The Morgan fingerprint density at radius 2 is 1.08 bits per heavy atom. The topological polar surface area (TPSA) is 115 Å². The number of hydrogen-bond donors (Lipinski definition) is 4. The van der Waals surface area contributed by atoms with Crippen molar-refractivity contribution < 1.29 is 63.6 Å². The van der Waals surface area contributed by atoms with Crippen molar-refractivity contribution >= 4 is 11.9 Å². The van der Waals surface area contributed by atoms with Crippen molar-refractivity contribution in [1.82, 2.24) is 0 Å². The van der Waals surface area contributed by atoms with Gasteiger partial charge in [0.1, 0.15) is 0 Å². The summed E-state index contributed by atoms with van der Waals surface area (Å²) < 4.78 is 0. The van der Waals surface area contributed by atoms with Gasteiger partial charge >= 0.3 is 11.9 Å². The minimum Gasteiger partial charge on any atom is -0.479 e. The third kappa shape index (κ3) is 5.51. The van der Waals surface area contributed by atoms with Gasteiger partial charge in [0.05, 0.1) is 0 Å². The van der Waals surface area contributed by atoms with Crippen LogP contribution < -0.4 is 0 Å². The number of hydrogen-bond acceptors (Lipinski definition) is 4. The molecule has 6 nitrogen and oxygen atoms in total. The molecular weight excluding hydrogens is 258 g/mol. The van der Waals surface area contributed by atoms with Crippen LogP contribution in [0.15, 0.2) is 0 Å². The van der Waals surface area contributed by atoms with E-state index >= 15 is 0 Å².